The number of hydrogen-bond acceptors (Lipinski definition) is 10. The van der Waals surface area contributed by atoms with E-state index in [2.05, 4.69) is 30.7 Å². The highest BCUT2D eigenvalue weighted by Crippen LogP contribution is 2.38. The van der Waals surface area contributed by atoms with E-state index in [0.717, 1.165) is 18.5 Å². The number of carbonyl (C=O) groups is 1. The minimum atomic E-state index is -1.49. The summed E-state index contributed by atoms with van der Waals surface area (Å²) in [6.07, 6.45) is 4.41. The Morgan fingerprint density at radius 1 is 1.19 bits per heavy atom. The molecule has 2 fully saturated rings. The van der Waals surface area contributed by atoms with Crippen LogP contribution in [0.3, 0.4) is 0 Å². The molecule has 37 heavy (non-hydrogen) atoms. The van der Waals surface area contributed by atoms with Crippen LogP contribution in [0.1, 0.15) is 25.5 Å². The van der Waals surface area contributed by atoms with Crippen LogP contribution in [-0.4, -0.2) is 69.8 Å². The monoisotopic (exact) mass is 505 g/mol. The van der Waals surface area contributed by atoms with E-state index < -0.39 is 30.4 Å². The van der Waals surface area contributed by atoms with E-state index in [1.165, 1.54) is 12.7 Å². The van der Waals surface area contributed by atoms with Crippen molar-refractivity contribution in [1.82, 2.24) is 29.3 Å². The number of hydrogen-bond donors (Lipinski definition) is 5. The molecule has 192 valence electrons. The highest BCUT2D eigenvalue weighted by Gasteiger charge is 2.48. The van der Waals surface area contributed by atoms with Crippen molar-refractivity contribution in [3.63, 3.8) is 0 Å². The second-order valence-electron chi connectivity index (χ2n) is 9.40. The van der Waals surface area contributed by atoms with Crippen molar-refractivity contribution in [2.75, 3.05) is 16.4 Å². The van der Waals surface area contributed by atoms with E-state index in [9.17, 15) is 15.0 Å². The molecule has 6 N–H and O–H groups in total. The third kappa shape index (κ3) is 4.16. The molecule has 6 rings (SSSR count). The van der Waals surface area contributed by atoms with E-state index in [4.69, 9.17) is 10.5 Å². The maximum atomic E-state index is 13.1. The Hall–Kier alpha value is -4.07. The number of pyridine rings is 1. The zero-order valence-electron chi connectivity index (χ0n) is 20.0. The molecule has 13 nitrogen and oxygen atoms in total. The number of nitrogens with two attached hydrogens (primary N) is 1. The van der Waals surface area contributed by atoms with Gasteiger partial charge in [-0.25, -0.2) is 15.0 Å². The fraction of sp³-hybridized carbons (Fsp3) is 0.375. The van der Waals surface area contributed by atoms with E-state index >= 15 is 0 Å². The van der Waals surface area contributed by atoms with E-state index in [1.807, 2.05) is 12.1 Å². The van der Waals surface area contributed by atoms with Crippen LogP contribution in [-0.2, 0) is 16.6 Å². The van der Waals surface area contributed by atoms with Gasteiger partial charge >= 0.3 is 0 Å². The molecule has 0 aromatic carbocycles. The average molecular weight is 506 g/mol. The number of anilines is 3. The molecule has 4 aromatic heterocycles. The van der Waals surface area contributed by atoms with Crippen molar-refractivity contribution in [2.24, 2.45) is 7.05 Å². The van der Waals surface area contributed by atoms with Gasteiger partial charge in [-0.15, -0.1) is 0 Å². The summed E-state index contributed by atoms with van der Waals surface area (Å²) in [4.78, 5) is 25.7. The van der Waals surface area contributed by atoms with Crippen LogP contribution >= 0.6 is 0 Å². The SMILES string of the molecule is Cn1ccc(-c2cn([C@@H]3O[C@H](C(=O)Nc4cc(NC5CCC5)ccn4)[C@@H](O)[C@H]3O)c3ncnc(N)c23)n1. The van der Waals surface area contributed by atoms with Gasteiger partial charge in [-0.1, -0.05) is 0 Å². The Bertz CT molecular complexity index is 1460. The molecular formula is C24H27N9O4. The minimum absolute atomic E-state index is 0.230. The molecule has 1 aliphatic heterocycles. The minimum Gasteiger partial charge on any atom is -0.387 e. The summed E-state index contributed by atoms with van der Waals surface area (Å²) in [5.41, 5.74) is 8.64. The molecule has 4 aromatic rings. The van der Waals surface area contributed by atoms with Crippen molar-refractivity contribution in [2.45, 2.75) is 49.8 Å². The van der Waals surface area contributed by atoms with Crippen LogP contribution in [0.25, 0.3) is 22.3 Å². The predicted molar refractivity (Wildman–Crippen MR) is 134 cm³/mol. The van der Waals surface area contributed by atoms with Crippen LogP contribution in [0, 0.1) is 0 Å². The number of nitrogens with zero attached hydrogens (tertiary/aromatic N) is 6. The summed E-state index contributed by atoms with van der Waals surface area (Å²) in [5, 5.41) is 32.7. The number of aliphatic hydroxyl groups is 2. The second-order valence-corrected chi connectivity index (χ2v) is 9.40. The first kappa shape index (κ1) is 23.3. The van der Waals surface area contributed by atoms with Crippen molar-refractivity contribution in [1.29, 1.82) is 0 Å². The largest absolute Gasteiger partial charge is 0.387 e. The highest BCUT2D eigenvalue weighted by atomic mass is 16.6. The van der Waals surface area contributed by atoms with Gasteiger partial charge < -0.3 is 35.9 Å². The lowest BCUT2D eigenvalue weighted by Gasteiger charge is -2.27. The molecule has 1 aliphatic carbocycles. The van der Waals surface area contributed by atoms with Crippen LogP contribution in [0.15, 0.2) is 43.1 Å². The first-order valence-electron chi connectivity index (χ1n) is 12.0. The molecule has 1 amide bonds. The number of ether oxygens (including phenoxy) is 1. The highest BCUT2D eigenvalue weighted by molar-refractivity contribution is 6.00. The normalized spacial score (nSPS) is 23.8. The van der Waals surface area contributed by atoms with Crippen molar-refractivity contribution < 1.29 is 19.7 Å². The molecular weight excluding hydrogens is 478 g/mol. The van der Waals surface area contributed by atoms with Crippen molar-refractivity contribution >= 4 is 34.3 Å². The zero-order valence-corrected chi connectivity index (χ0v) is 20.0. The van der Waals surface area contributed by atoms with Gasteiger partial charge in [0.15, 0.2) is 12.3 Å². The summed E-state index contributed by atoms with van der Waals surface area (Å²) in [6, 6.07) is 5.79. The fourth-order valence-electron chi connectivity index (χ4n) is 4.74. The first-order chi connectivity index (χ1) is 17.9. The number of rotatable bonds is 6. The van der Waals surface area contributed by atoms with Crippen LogP contribution < -0.4 is 16.4 Å². The molecule has 4 atom stereocenters. The summed E-state index contributed by atoms with van der Waals surface area (Å²) >= 11 is 0. The van der Waals surface area contributed by atoms with Crippen LogP contribution in [0.4, 0.5) is 17.3 Å². The average Bonchev–Trinajstić information content (AvgIpc) is 3.53. The first-order valence-corrected chi connectivity index (χ1v) is 12.0. The van der Waals surface area contributed by atoms with Gasteiger partial charge in [-0.2, -0.15) is 5.10 Å². The van der Waals surface area contributed by atoms with E-state index in [1.54, 1.807) is 41.0 Å². The molecule has 0 unspecified atom stereocenters. The summed E-state index contributed by atoms with van der Waals surface area (Å²) in [7, 11) is 1.79. The maximum Gasteiger partial charge on any atom is 0.257 e. The lowest BCUT2D eigenvalue weighted by atomic mass is 9.93. The number of carbonyl (C=O) groups excluding carboxylic acids is 1. The molecule has 0 radical (unpaired) electrons. The number of nitrogens with one attached hydrogen (secondary N) is 2. The third-order valence-electron chi connectivity index (χ3n) is 6.89. The van der Waals surface area contributed by atoms with Gasteiger partial charge in [-0.3, -0.25) is 9.48 Å². The molecule has 1 saturated heterocycles. The number of nitrogen functional groups attached to an aromatic ring is 1. The van der Waals surface area contributed by atoms with Crippen LogP contribution in [0.5, 0.6) is 0 Å². The molecule has 5 heterocycles. The molecule has 13 heteroatoms. The predicted octanol–water partition coefficient (Wildman–Crippen LogP) is 1.03. The van der Waals surface area contributed by atoms with Gasteiger partial charge in [0.05, 0.1) is 11.1 Å². The Kier molecular flexibility index (Phi) is 5.74. The molecule has 1 saturated carbocycles. The number of aromatic nitrogens is 6. The quantitative estimate of drug-likeness (QED) is 0.254. The van der Waals surface area contributed by atoms with Gasteiger partial charge in [0.25, 0.3) is 5.91 Å². The Morgan fingerprint density at radius 2 is 2.03 bits per heavy atom. The smallest absolute Gasteiger partial charge is 0.257 e. The lowest BCUT2D eigenvalue weighted by molar-refractivity contribution is -0.132. The fourth-order valence-corrected chi connectivity index (χ4v) is 4.74. The van der Waals surface area contributed by atoms with Crippen molar-refractivity contribution in [3.05, 3.63) is 43.1 Å². The van der Waals surface area contributed by atoms with Gasteiger partial charge in [0, 0.05) is 49.0 Å². The van der Waals surface area contributed by atoms with E-state index in [-0.39, 0.29) is 5.82 Å². The Morgan fingerprint density at radius 3 is 2.76 bits per heavy atom. The topological polar surface area (TPSA) is 178 Å². The maximum absolute atomic E-state index is 13.1. The summed E-state index contributed by atoms with van der Waals surface area (Å²) in [5.74, 6) is -0.0847. The Balaban J connectivity index is 1.26. The lowest BCUT2D eigenvalue weighted by Crippen LogP contribution is -2.39. The summed E-state index contributed by atoms with van der Waals surface area (Å²) < 4.78 is 9.10. The third-order valence-corrected chi connectivity index (χ3v) is 6.89. The zero-order chi connectivity index (χ0) is 25.7. The molecule has 0 bridgehead atoms. The standard InChI is InChI=1S/C24H27N9O4/c1-32-8-6-15(31-32)14-10-33(22-17(14)21(25)27-11-28-22)24-19(35)18(34)20(37-24)23(36)30-16-9-13(5-7-26-16)29-12-3-2-4-12/h5-12,18-20,24,34-35H,2-4H2,1H3,(H2,25,27,28)(H2,26,29,30,36)/t18-,19+,20-,24+/m0/s1. The number of aryl methyl sites for hydroxylation is 1. The van der Waals surface area contributed by atoms with Gasteiger partial charge in [-0.05, 0) is 31.4 Å². The number of fused-ring (bicyclic) bond motifs is 1. The van der Waals surface area contributed by atoms with Crippen molar-refractivity contribution in [3.8, 4) is 11.3 Å². The molecule has 2 aliphatic rings. The number of aliphatic hydroxyl groups excluding tert-OH is 2. The van der Waals surface area contributed by atoms with E-state index in [0.29, 0.717) is 34.2 Å². The van der Waals surface area contributed by atoms with Crippen LogP contribution in [0.2, 0.25) is 0 Å². The summed E-state index contributed by atoms with van der Waals surface area (Å²) in [6.45, 7) is 0. The van der Waals surface area contributed by atoms with Gasteiger partial charge in [0.1, 0.15) is 35.8 Å². The molecule has 0 spiro atoms. The number of amides is 1. The Labute approximate surface area is 211 Å². The van der Waals surface area contributed by atoms with Gasteiger partial charge in [0.2, 0.25) is 0 Å². The second kappa shape index (κ2) is 9.10.